The van der Waals surface area contributed by atoms with Crippen LogP contribution in [-0.4, -0.2) is 33.3 Å². The summed E-state index contributed by atoms with van der Waals surface area (Å²) in [6, 6.07) is 8.78. The van der Waals surface area contributed by atoms with Crippen molar-refractivity contribution in [2.75, 3.05) is 33.3 Å². The van der Waals surface area contributed by atoms with Crippen LogP contribution in [0.25, 0.3) is 0 Å². The Balaban J connectivity index is 1.67. The Labute approximate surface area is 121 Å². The SMILES string of the molecule is COc1ccc(C2[NH+]3CC4(C)C[NH+]2CC(C)(C3)C4)cc1. The van der Waals surface area contributed by atoms with Crippen molar-refractivity contribution >= 4 is 0 Å². The van der Waals surface area contributed by atoms with E-state index in [1.165, 1.54) is 38.2 Å². The van der Waals surface area contributed by atoms with Gasteiger partial charge in [-0.3, -0.25) is 9.80 Å². The number of ether oxygens (including phenoxy) is 1. The summed E-state index contributed by atoms with van der Waals surface area (Å²) < 4.78 is 5.29. The Hall–Kier alpha value is -1.06. The minimum absolute atomic E-state index is 0.568. The van der Waals surface area contributed by atoms with Gasteiger partial charge in [0.15, 0.2) is 0 Å². The zero-order valence-electron chi connectivity index (χ0n) is 12.8. The Morgan fingerprint density at radius 3 is 1.90 bits per heavy atom. The molecule has 4 saturated heterocycles. The summed E-state index contributed by atoms with van der Waals surface area (Å²) in [5.74, 6) is 0.964. The lowest BCUT2D eigenvalue weighted by atomic mass is 9.63. The second kappa shape index (κ2) is 3.99. The summed E-state index contributed by atoms with van der Waals surface area (Å²) in [7, 11) is 1.74. The number of methoxy groups -OCH3 is 1. The van der Waals surface area contributed by atoms with Crippen molar-refractivity contribution in [1.82, 2.24) is 0 Å². The molecule has 0 aliphatic carbocycles. The molecule has 4 bridgehead atoms. The average Bonchev–Trinajstić information content (AvgIpc) is 2.35. The lowest BCUT2D eigenvalue weighted by Crippen LogP contribution is -3.40. The summed E-state index contributed by atoms with van der Waals surface area (Å²) in [6.07, 6.45) is 2.07. The lowest BCUT2D eigenvalue weighted by molar-refractivity contribution is -1.18. The smallest absolute Gasteiger partial charge is 0.240 e. The zero-order valence-corrected chi connectivity index (χ0v) is 12.8. The van der Waals surface area contributed by atoms with Gasteiger partial charge >= 0.3 is 0 Å². The van der Waals surface area contributed by atoms with Crippen molar-refractivity contribution in [2.45, 2.75) is 26.4 Å². The topological polar surface area (TPSA) is 18.1 Å². The maximum atomic E-state index is 5.29. The van der Waals surface area contributed by atoms with Crippen LogP contribution in [0.3, 0.4) is 0 Å². The maximum Gasteiger partial charge on any atom is 0.240 e. The van der Waals surface area contributed by atoms with Gasteiger partial charge in [0.25, 0.3) is 0 Å². The molecule has 1 aromatic carbocycles. The highest BCUT2D eigenvalue weighted by molar-refractivity contribution is 5.27. The normalized spacial score (nSPS) is 45.6. The highest BCUT2D eigenvalue weighted by atomic mass is 16.5. The molecule has 2 N–H and O–H groups in total. The Bertz CT molecular complexity index is 488. The Morgan fingerprint density at radius 2 is 1.45 bits per heavy atom. The molecular formula is C17H26N2O+2. The molecule has 0 unspecified atom stereocenters. The second-order valence-corrected chi connectivity index (χ2v) is 8.03. The molecule has 108 valence electrons. The molecule has 0 amide bonds. The van der Waals surface area contributed by atoms with Crippen molar-refractivity contribution in [3.63, 3.8) is 0 Å². The van der Waals surface area contributed by atoms with Gasteiger partial charge in [-0.1, -0.05) is 0 Å². The molecule has 4 heterocycles. The molecule has 5 rings (SSSR count). The first-order valence-corrected chi connectivity index (χ1v) is 7.84. The summed E-state index contributed by atoms with van der Waals surface area (Å²) in [5, 5.41) is 0. The van der Waals surface area contributed by atoms with Gasteiger partial charge in [-0.25, -0.2) is 0 Å². The highest BCUT2D eigenvalue weighted by Gasteiger charge is 2.62. The van der Waals surface area contributed by atoms with Gasteiger partial charge in [-0.2, -0.15) is 0 Å². The molecule has 0 aromatic heterocycles. The fourth-order valence-electron chi connectivity index (χ4n) is 5.69. The van der Waals surface area contributed by atoms with E-state index in [1.807, 2.05) is 0 Å². The fraction of sp³-hybridized carbons (Fsp3) is 0.647. The van der Waals surface area contributed by atoms with Crippen LogP contribution in [0.4, 0.5) is 0 Å². The van der Waals surface area contributed by atoms with E-state index in [0.717, 1.165) is 5.75 Å². The standard InChI is InChI=1S/C17H24N2O/c1-16-8-17(2)11-18(9-16)15(19(10-16)12-17)13-4-6-14(20-3)7-5-13/h4-7,15H,8-12H2,1-3H3/p+2. The molecule has 4 fully saturated rings. The fourth-order valence-corrected chi connectivity index (χ4v) is 5.69. The second-order valence-electron chi connectivity index (χ2n) is 8.03. The van der Waals surface area contributed by atoms with E-state index in [0.29, 0.717) is 17.0 Å². The zero-order chi connectivity index (χ0) is 14.0. The summed E-state index contributed by atoms with van der Waals surface area (Å²) in [4.78, 5) is 3.61. The van der Waals surface area contributed by atoms with E-state index < -0.39 is 0 Å². The van der Waals surface area contributed by atoms with Crippen LogP contribution in [-0.2, 0) is 0 Å². The third-order valence-electron chi connectivity index (χ3n) is 5.73. The van der Waals surface area contributed by atoms with E-state index in [4.69, 9.17) is 4.74 Å². The van der Waals surface area contributed by atoms with E-state index in [9.17, 15) is 0 Å². The van der Waals surface area contributed by atoms with Crippen molar-refractivity contribution in [2.24, 2.45) is 10.8 Å². The predicted molar refractivity (Wildman–Crippen MR) is 78.0 cm³/mol. The van der Waals surface area contributed by atoms with Gasteiger partial charge in [0, 0.05) is 0 Å². The van der Waals surface area contributed by atoms with E-state index in [-0.39, 0.29) is 0 Å². The van der Waals surface area contributed by atoms with Crippen LogP contribution >= 0.6 is 0 Å². The minimum atomic E-state index is 0.568. The first-order chi connectivity index (χ1) is 9.50. The Morgan fingerprint density at radius 1 is 0.950 bits per heavy atom. The summed E-state index contributed by atoms with van der Waals surface area (Å²) in [6.45, 7) is 10.4. The van der Waals surface area contributed by atoms with Gasteiger partial charge in [0.1, 0.15) is 5.75 Å². The molecule has 1 aromatic rings. The molecule has 0 saturated carbocycles. The molecule has 4 aliphatic rings. The number of nitrogens with one attached hydrogen (secondary N) is 2. The van der Waals surface area contributed by atoms with E-state index >= 15 is 0 Å². The molecule has 20 heavy (non-hydrogen) atoms. The van der Waals surface area contributed by atoms with Gasteiger partial charge in [-0.05, 0) is 44.5 Å². The van der Waals surface area contributed by atoms with Crippen LogP contribution in [0.1, 0.15) is 32.0 Å². The third kappa shape index (κ3) is 1.80. The number of benzene rings is 1. The van der Waals surface area contributed by atoms with Crippen molar-refractivity contribution in [1.29, 1.82) is 0 Å². The van der Waals surface area contributed by atoms with Crippen LogP contribution in [0.15, 0.2) is 24.3 Å². The summed E-state index contributed by atoms with van der Waals surface area (Å²) in [5.41, 5.74) is 2.62. The lowest BCUT2D eigenvalue weighted by Gasteiger charge is -2.60. The quantitative estimate of drug-likeness (QED) is 0.771. The largest absolute Gasteiger partial charge is 0.497 e. The van der Waals surface area contributed by atoms with Gasteiger partial charge in [-0.15, -0.1) is 0 Å². The number of hydrogen-bond acceptors (Lipinski definition) is 1. The Kier molecular flexibility index (Phi) is 2.52. The van der Waals surface area contributed by atoms with Crippen molar-refractivity contribution in [3.8, 4) is 5.75 Å². The number of quaternary nitrogens is 2. The number of piperidine rings is 2. The van der Waals surface area contributed by atoms with Crippen LogP contribution in [0.2, 0.25) is 0 Å². The van der Waals surface area contributed by atoms with Crippen LogP contribution in [0, 0.1) is 10.8 Å². The van der Waals surface area contributed by atoms with Gasteiger partial charge in [0.2, 0.25) is 6.17 Å². The number of hydrogen-bond donors (Lipinski definition) is 2. The average molecular weight is 274 g/mol. The minimum Gasteiger partial charge on any atom is -0.497 e. The van der Waals surface area contributed by atoms with Gasteiger partial charge < -0.3 is 4.74 Å². The molecule has 0 spiro atoms. The first kappa shape index (κ1) is 12.7. The monoisotopic (exact) mass is 274 g/mol. The van der Waals surface area contributed by atoms with Crippen LogP contribution < -0.4 is 14.5 Å². The maximum absolute atomic E-state index is 5.29. The molecule has 3 nitrogen and oxygen atoms in total. The highest BCUT2D eigenvalue weighted by Crippen LogP contribution is 2.39. The van der Waals surface area contributed by atoms with Crippen molar-refractivity contribution in [3.05, 3.63) is 29.8 Å². The van der Waals surface area contributed by atoms with E-state index in [2.05, 4.69) is 38.1 Å². The van der Waals surface area contributed by atoms with Crippen LogP contribution in [0.5, 0.6) is 5.75 Å². The number of rotatable bonds is 2. The molecule has 4 aliphatic heterocycles. The third-order valence-corrected chi connectivity index (χ3v) is 5.73. The van der Waals surface area contributed by atoms with Crippen molar-refractivity contribution < 1.29 is 14.5 Å². The predicted octanol–water partition coefficient (Wildman–Crippen LogP) is -0.0929. The first-order valence-electron chi connectivity index (χ1n) is 7.84. The molecule has 0 atom stereocenters. The molecular weight excluding hydrogens is 248 g/mol. The summed E-state index contributed by atoms with van der Waals surface area (Å²) >= 11 is 0. The molecule has 3 heteroatoms. The van der Waals surface area contributed by atoms with E-state index in [1.54, 1.807) is 16.9 Å². The van der Waals surface area contributed by atoms with Gasteiger partial charge in [0.05, 0.1) is 49.7 Å². The molecule has 0 radical (unpaired) electrons.